The molecule has 0 spiro atoms. The molecule has 3 heterocycles. The number of amides is 1. The molecule has 0 aromatic heterocycles. The van der Waals surface area contributed by atoms with E-state index in [1.54, 1.807) is 20.3 Å². The van der Waals surface area contributed by atoms with Gasteiger partial charge in [0.15, 0.2) is 11.5 Å². The van der Waals surface area contributed by atoms with E-state index in [4.69, 9.17) is 9.47 Å². The van der Waals surface area contributed by atoms with E-state index in [1.165, 1.54) is 18.4 Å². The first-order valence-electron chi connectivity index (χ1n) is 10.3. The number of carbonyl (C=O) groups is 1. The highest BCUT2D eigenvalue weighted by Crippen LogP contribution is 2.46. The van der Waals surface area contributed by atoms with Gasteiger partial charge < -0.3 is 19.3 Å². The first kappa shape index (κ1) is 20.2. The number of piperidine rings is 1. The topological polar surface area (TPSA) is 42.0 Å². The minimum atomic E-state index is 0.0615. The van der Waals surface area contributed by atoms with Crippen LogP contribution in [0, 0.1) is 5.92 Å². The number of hydrogen-bond donors (Lipinski definition) is 0. The van der Waals surface area contributed by atoms with E-state index in [1.807, 2.05) is 23.1 Å². The molecule has 2 unspecified atom stereocenters. The second-order valence-electron chi connectivity index (χ2n) is 7.66. The molecule has 0 saturated carbocycles. The van der Waals surface area contributed by atoms with Crippen molar-refractivity contribution < 1.29 is 14.3 Å². The van der Waals surface area contributed by atoms with Gasteiger partial charge in [-0.1, -0.05) is 33.7 Å². The monoisotopic (exact) mass is 412 g/mol. The molecule has 2 atom stereocenters. The summed E-state index contributed by atoms with van der Waals surface area (Å²) in [6.45, 7) is 5.64. The predicted molar refractivity (Wildman–Crippen MR) is 119 cm³/mol. The molecule has 1 amide bonds. The molecular weight excluding hydrogens is 383 g/mol. The van der Waals surface area contributed by atoms with E-state index in [0.717, 1.165) is 30.5 Å². The second kappa shape index (κ2) is 8.73. The lowest BCUT2D eigenvalue weighted by atomic mass is 9.88. The summed E-state index contributed by atoms with van der Waals surface area (Å²) in [5, 5.41) is 1.06. The maximum atomic E-state index is 12.9. The van der Waals surface area contributed by atoms with Crippen molar-refractivity contribution in [2.45, 2.75) is 25.5 Å². The van der Waals surface area contributed by atoms with Gasteiger partial charge in [-0.3, -0.25) is 4.79 Å². The molecule has 3 aliphatic heterocycles. The van der Waals surface area contributed by atoms with E-state index < -0.39 is 0 Å². The minimum Gasteiger partial charge on any atom is -0.493 e. The summed E-state index contributed by atoms with van der Waals surface area (Å²) in [6, 6.07) is 5.85. The molecular formula is C23H29N2O3P. The lowest BCUT2D eigenvalue weighted by Gasteiger charge is -2.37. The van der Waals surface area contributed by atoms with E-state index in [-0.39, 0.29) is 11.7 Å². The number of nitrogens with zero attached hydrogens (tertiary/aromatic N) is 2. The fourth-order valence-corrected chi connectivity index (χ4v) is 5.67. The summed E-state index contributed by atoms with van der Waals surface area (Å²) >= 11 is 0. The van der Waals surface area contributed by atoms with Crippen molar-refractivity contribution in [1.82, 2.24) is 9.80 Å². The molecule has 0 N–H and O–H groups in total. The molecule has 154 valence electrons. The first-order valence-corrected chi connectivity index (χ1v) is 11.4. The zero-order valence-corrected chi connectivity index (χ0v) is 18.4. The van der Waals surface area contributed by atoms with Gasteiger partial charge in [-0.2, -0.15) is 0 Å². The molecule has 5 nitrogen and oxygen atoms in total. The van der Waals surface area contributed by atoms with Crippen LogP contribution in [0.5, 0.6) is 11.5 Å². The average Bonchev–Trinajstić information content (AvgIpc) is 2.78. The Morgan fingerprint density at radius 3 is 2.59 bits per heavy atom. The molecule has 6 heteroatoms. The minimum absolute atomic E-state index is 0.0615. The van der Waals surface area contributed by atoms with Crippen LogP contribution in [0.3, 0.4) is 0 Å². The van der Waals surface area contributed by atoms with Gasteiger partial charge in [0, 0.05) is 12.3 Å². The lowest BCUT2D eigenvalue weighted by molar-refractivity contribution is -0.123. The number of methoxy groups -OCH3 is 2. The van der Waals surface area contributed by atoms with Crippen molar-refractivity contribution in [3.8, 4) is 11.5 Å². The summed E-state index contributed by atoms with van der Waals surface area (Å²) in [4.78, 5) is 17.3. The Morgan fingerprint density at radius 2 is 1.90 bits per heavy atom. The van der Waals surface area contributed by atoms with Gasteiger partial charge in [-0.25, -0.2) is 0 Å². The molecule has 1 aromatic rings. The SMILES string of the molecule is CCN1CCC(C2=CN3C(=O)C=C(c4ccc(OC)c(OC)c4)PC3C=C2)CC1. The first-order chi connectivity index (χ1) is 14.1. The number of likely N-dealkylation sites (tertiary alicyclic amines) is 1. The Bertz CT molecular complexity index is 869. The Kier molecular flexibility index (Phi) is 6.07. The zero-order chi connectivity index (χ0) is 20.4. The third-order valence-electron chi connectivity index (χ3n) is 6.09. The van der Waals surface area contributed by atoms with Crippen molar-refractivity contribution >= 4 is 19.8 Å². The number of ether oxygens (including phenoxy) is 2. The summed E-state index contributed by atoms with van der Waals surface area (Å²) in [6.07, 6.45) is 10.7. The van der Waals surface area contributed by atoms with E-state index in [9.17, 15) is 4.79 Å². The standard InChI is InChI=1S/C23H29N2O3P/c1-4-24-11-9-16(10-12-24)18-6-8-23-25(15-18)22(26)14-21(29-23)17-5-7-19(27-2)20(13-17)28-3/h5-8,13-16,23,29H,4,9-12H2,1-3H3. The molecule has 1 aromatic carbocycles. The second-order valence-corrected chi connectivity index (χ2v) is 9.08. The van der Waals surface area contributed by atoms with Crippen LogP contribution in [0.25, 0.3) is 5.31 Å². The van der Waals surface area contributed by atoms with Gasteiger partial charge in [0.05, 0.1) is 20.0 Å². The maximum Gasteiger partial charge on any atom is 0.252 e. The van der Waals surface area contributed by atoms with Crippen LogP contribution in [-0.2, 0) is 4.79 Å². The highest BCUT2D eigenvalue weighted by atomic mass is 31.1. The maximum absolute atomic E-state index is 12.9. The van der Waals surface area contributed by atoms with Crippen molar-refractivity contribution in [2.75, 3.05) is 33.9 Å². The van der Waals surface area contributed by atoms with Gasteiger partial charge in [0.25, 0.3) is 5.91 Å². The smallest absolute Gasteiger partial charge is 0.252 e. The highest BCUT2D eigenvalue weighted by molar-refractivity contribution is 7.51. The lowest BCUT2D eigenvalue weighted by Crippen LogP contribution is -2.38. The van der Waals surface area contributed by atoms with Crippen molar-refractivity contribution in [3.05, 3.63) is 53.8 Å². The fourth-order valence-electron chi connectivity index (χ4n) is 4.29. The Hall–Kier alpha value is -2.10. The molecule has 1 saturated heterocycles. The van der Waals surface area contributed by atoms with Gasteiger partial charge in [-0.05, 0) is 67.0 Å². The summed E-state index contributed by atoms with van der Waals surface area (Å²) < 4.78 is 10.8. The van der Waals surface area contributed by atoms with Crippen LogP contribution >= 0.6 is 8.58 Å². The fraction of sp³-hybridized carbons (Fsp3) is 0.435. The van der Waals surface area contributed by atoms with Crippen molar-refractivity contribution in [3.63, 3.8) is 0 Å². The van der Waals surface area contributed by atoms with Gasteiger partial charge in [0.2, 0.25) is 0 Å². The third-order valence-corrected chi connectivity index (χ3v) is 7.60. The third kappa shape index (κ3) is 4.12. The Morgan fingerprint density at radius 1 is 1.14 bits per heavy atom. The molecule has 1 fully saturated rings. The zero-order valence-electron chi connectivity index (χ0n) is 17.4. The van der Waals surface area contributed by atoms with Gasteiger partial charge in [0.1, 0.15) is 0 Å². The quantitative estimate of drug-likeness (QED) is 0.684. The summed E-state index contributed by atoms with van der Waals surface area (Å²) in [5.74, 6) is 2.11. The Labute approximate surface area is 174 Å². The molecule has 29 heavy (non-hydrogen) atoms. The molecule has 0 aliphatic carbocycles. The number of allylic oxidation sites excluding steroid dienone is 2. The molecule has 0 bridgehead atoms. The van der Waals surface area contributed by atoms with Crippen LogP contribution in [0.2, 0.25) is 0 Å². The van der Waals surface area contributed by atoms with Crippen molar-refractivity contribution in [1.29, 1.82) is 0 Å². The van der Waals surface area contributed by atoms with Crippen LogP contribution in [0.4, 0.5) is 0 Å². The molecule has 0 radical (unpaired) electrons. The molecule has 3 aliphatic rings. The van der Waals surface area contributed by atoms with Gasteiger partial charge >= 0.3 is 0 Å². The number of rotatable bonds is 5. The van der Waals surface area contributed by atoms with E-state index in [2.05, 4.69) is 30.2 Å². The largest absolute Gasteiger partial charge is 0.493 e. The highest BCUT2D eigenvalue weighted by Gasteiger charge is 2.31. The average molecular weight is 412 g/mol. The normalized spacial score (nSPS) is 23.6. The van der Waals surface area contributed by atoms with Crippen LogP contribution in [-0.4, -0.2) is 55.3 Å². The van der Waals surface area contributed by atoms with Crippen LogP contribution in [0.15, 0.2) is 48.2 Å². The number of benzene rings is 1. The summed E-state index contributed by atoms with van der Waals surface area (Å²) in [7, 11) is 3.77. The van der Waals surface area contributed by atoms with Crippen LogP contribution < -0.4 is 9.47 Å². The van der Waals surface area contributed by atoms with Gasteiger partial charge in [-0.15, -0.1) is 0 Å². The number of fused-ring (bicyclic) bond motifs is 1. The van der Waals surface area contributed by atoms with Crippen molar-refractivity contribution in [2.24, 2.45) is 5.92 Å². The van der Waals surface area contributed by atoms with E-state index in [0.29, 0.717) is 26.0 Å². The summed E-state index contributed by atoms with van der Waals surface area (Å²) in [5.41, 5.74) is 2.32. The number of hydrogen-bond acceptors (Lipinski definition) is 4. The van der Waals surface area contributed by atoms with Crippen LogP contribution in [0.1, 0.15) is 25.3 Å². The Balaban J connectivity index is 1.52. The van der Waals surface area contributed by atoms with E-state index >= 15 is 0 Å². The predicted octanol–water partition coefficient (Wildman–Crippen LogP) is 4.08. The molecule has 4 rings (SSSR count). The number of carbonyl (C=O) groups excluding carboxylic acids is 1.